The molecule has 5 heterocycles. The molecule has 1 aromatic carbocycles. The summed E-state index contributed by atoms with van der Waals surface area (Å²) in [5.74, 6) is -0.217. The Morgan fingerprint density at radius 3 is 2.74 bits per heavy atom. The van der Waals surface area contributed by atoms with Gasteiger partial charge in [-0.25, -0.2) is 9.97 Å². The van der Waals surface area contributed by atoms with Gasteiger partial charge in [0.2, 0.25) is 0 Å². The molecule has 2 saturated heterocycles. The lowest BCUT2D eigenvalue weighted by molar-refractivity contribution is -0.196. The van der Waals surface area contributed by atoms with Crippen LogP contribution in [-0.4, -0.2) is 43.6 Å². The van der Waals surface area contributed by atoms with Crippen LogP contribution in [0.1, 0.15) is 44.5 Å². The van der Waals surface area contributed by atoms with E-state index in [4.69, 9.17) is 19.9 Å². The highest BCUT2D eigenvalue weighted by Gasteiger charge is 2.55. The Bertz CT molecular complexity index is 1370. The zero-order valence-electron chi connectivity index (χ0n) is 19.6. The second-order valence-electron chi connectivity index (χ2n) is 9.61. The molecule has 176 valence electrons. The van der Waals surface area contributed by atoms with Crippen LogP contribution in [-0.2, 0) is 27.1 Å². The summed E-state index contributed by atoms with van der Waals surface area (Å²) in [6.07, 6.45) is 7.17. The average molecular weight is 460 g/mol. The molecule has 2 N–H and O–H groups in total. The number of anilines is 1. The van der Waals surface area contributed by atoms with Crippen molar-refractivity contribution < 1.29 is 14.2 Å². The number of nitrogens with two attached hydrogens (primary N) is 1. The number of fused-ring (bicyclic) bond motifs is 3. The van der Waals surface area contributed by atoms with Gasteiger partial charge in [-0.1, -0.05) is 19.1 Å². The van der Waals surface area contributed by atoms with Gasteiger partial charge in [0.15, 0.2) is 12.0 Å². The fraction of sp³-hybridized carbons (Fsp3) is 0.423. The summed E-state index contributed by atoms with van der Waals surface area (Å²) in [6.45, 7) is 6.05. The number of nitrogen functional groups attached to an aromatic ring is 1. The van der Waals surface area contributed by atoms with Gasteiger partial charge >= 0.3 is 0 Å². The monoisotopic (exact) mass is 459 g/mol. The summed E-state index contributed by atoms with van der Waals surface area (Å²) < 4.78 is 21.1. The van der Waals surface area contributed by atoms with Crippen molar-refractivity contribution in [3.8, 4) is 0 Å². The highest BCUT2D eigenvalue weighted by molar-refractivity contribution is 5.86. The van der Waals surface area contributed by atoms with Crippen molar-refractivity contribution in [3.63, 3.8) is 0 Å². The summed E-state index contributed by atoms with van der Waals surface area (Å²) in [7, 11) is 0. The van der Waals surface area contributed by atoms with Gasteiger partial charge < -0.3 is 24.5 Å². The second kappa shape index (κ2) is 8.01. The number of rotatable bonds is 5. The molecule has 3 aromatic heterocycles. The van der Waals surface area contributed by atoms with Crippen molar-refractivity contribution in [3.05, 3.63) is 60.2 Å². The SMILES string of the molecule is CCc1cnc2cc(CC[C@H]3O[C@@H](n4ccc5c(N)ncnc54)[C@@H]4OC(C)(C)O[C@@H]43)ccc2c1. The number of pyridine rings is 1. The molecule has 34 heavy (non-hydrogen) atoms. The maximum atomic E-state index is 6.55. The first kappa shape index (κ1) is 21.5. The van der Waals surface area contributed by atoms with Gasteiger partial charge in [-0.2, -0.15) is 0 Å². The van der Waals surface area contributed by atoms with Gasteiger partial charge in [-0.15, -0.1) is 0 Å². The number of hydrogen-bond acceptors (Lipinski definition) is 7. The first-order chi connectivity index (χ1) is 16.4. The van der Waals surface area contributed by atoms with Crippen LogP contribution in [0.5, 0.6) is 0 Å². The summed E-state index contributed by atoms with van der Waals surface area (Å²) in [4.78, 5) is 13.2. The van der Waals surface area contributed by atoms with Crippen LogP contribution in [0, 0.1) is 0 Å². The lowest BCUT2D eigenvalue weighted by Gasteiger charge is -2.25. The Hall–Kier alpha value is -3.07. The molecule has 2 aliphatic heterocycles. The van der Waals surface area contributed by atoms with E-state index < -0.39 is 5.79 Å². The lowest BCUT2D eigenvalue weighted by atomic mass is 10.0. The molecule has 6 rings (SSSR count). The number of aryl methyl sites for hydroxylation is 2. The summed E-state index contributed by atoms with van der Waals surface area (Å²) in [6, 6.07) is 10.6. The van der Waals surface area contributed by atoms with Crippen LogP contribution in [0.25, 0.3) is 21.9 Å². The lowest BCUT2D eigenvalue weighted by Crippen LogP contribution is -2.29. The molecule has 0 amide bonds. The van der Waals surface area contributed by atoms with Crippen molar-refractivity contribution in [2.45, 2.75) is 70.4 Å². The minimum Gasteiger partial charge on any atom is -0.383 e. The Balaban J connectivity index is 1.25. The largest absolute Gasteiger partial charge is 0.383 e. The van der Waals surface area contributed by atoms with Gasteiger partial charge in [0, 0.05) is 17.8 Å². The van der Waals surface area contributed by atoms with E-state index in [9.17, 15) is 0 Å². The maximum Gasteiger partial charge on any atom is 0.164 e. The third-order valence-electron chi connectivity index (χ3n) is 6.87. The molecule has 0 radical (unpaired) electrons. The molecular formula is C26H29N5O3. The van der Waals surface area contributed by atoms with Crippen molar-refractivity contribution in [2.75, 3.05) is 5.73 Å². The van der Waals surface area contributed by atoms with E-state index in [1.165, 1.54) is 22.8 Å². The number of hydrogen-bond donors (Lipinski definition) is 1. The molecule has 8 heteroatoms. The second-order valence-corrected chi connectivity index (χ2v) is 9.61. The molecule has 0 aliphatic carbocycles. The average Bonchev–Trinajstić information content (AvgIpc) is 3.48. The minimum atomic E-state index is -0.670. The quantitative estimate of drug-likeness (QED) is 0.478. The number of benzene rings is 1. The Kier molecular flexibility index (Phi) is 5.05. The van der Waals surface area contributed by atoms with Crippen LogP contribution < -0.4 is 5.73 Å². The van der Waals surface area contributed by atoms with E-state index in [0.717, 1.165) is 35.8 Å². The van der Waals surface area contributed by atoms with Crippen molar-refractivity contribution >= 4 is 27.8 Å². The van der Waals surface area contributed by atoms with Gasteiger partial charge in [-0.3, -0.25) is 4.98 Å². The Morgan fingerprint density at radius 2 is 1.88 bits per heavy atom. The zero-order valence-corrected chi connectivity index (χ0v) is 19.6. The standard InChI is InChI=1S/C26H29N5O3/c1-4-15-11-17-7-5-16(12-19(17)28-13-15)6-8-20-21-22(34-26(2,3)33-21)25(32-20)31-10-9-18-23(27)29-14-30-24(18)31/h5,7,9-14,20-22,25H,4,6,8H2,1-3H3,(H2,27,29,30)/t20-,21-,22-,25-/m1/s1. The number of ether oxygens (including phenoxy) is 3. The fourth-order valence-corrected chi connectivity index (χ4v) is 5.18. The zero-order chi connectivity index (χ0) is 23.4. The van der Waals surface area contributed by atoms with E-state index in [1.54, 1.807) is 0 Å². The van der Waals surface area contributed by atoms with Crippen LogP contribution in [0.2, 0.25) is 0 Å². The molecule has 8 nitrogen and oxygen atoms in total. The van der Waals surface area contributed by atoms with Crippen molar-refractivity contribution in [1.29, 1.82) is 0 Å². The van der Waals surface area contributed by atoms with E-state index in [2.05, 4.69) is 46.1 Å². The summed E-state index contributed by atoms with van der Waals surface area (Å²) in [5.41, 5.74) is 10.3. The molecular weight excluding hydrogens is 430 g/mol. The third kappa shape index (κ3) is 3.62. The molecule has 0 spiro atoms. The fourth-order valence-electron chi connectivity index (χ4n) is 5.18. The highest BCUT2D eigenvalue weighted by atomic mass is 16.8. The van der Waals surface area contributed by atoms with E-state index in [-0.39, 0.29) is 24.5 Å². The molecule has 4 atom stereocenters. The number of nitrogens with zero attached hydrogens (tertiary/aromatic N) is 4. The van der Waals surface area contributed by atoms with Gasteiger partial charge in [0.05, 0.1) is 17.0 Å². The Labute approximate surface area is 198 Å². The van der Waals surface area contributed by atoms with Gasteiger partial charge in [0.25, 0.3) is 0 Å². The minimum absolute atomic E-state index is 0.112. The smallest absolute Gasteiger partial charge is 0.164 e. The van der Waals surface area contributed by atoms with Gasteiger partial charge in [0.1, 0.15) is 30.0 Å². The van der Waals surface area contributed by atoms with E-state index >= 15 is 0 Å². The summed E-state index contributed by atoms with van der Waals surface area (Å²) in [5, 5.41) is 1.98. The molecule has 2 fully saturated rings. The predicted octanol–water partition coefficient (Wildman–Crippen LogP) is 4.17. The first-order valence-electron chi connectivity index (χ1n) is 11.9. The van der Waals surface area contributed by atoms with Crippen LogP contribution in [0.15, 0.2) is 49.1 Å². The van der Waals surface area contributed by atoms with Crippen LogP contribution in [0.4, 0.5) is 5.82 Å². The number of aromatic nitrogens is 4. The van der Waals surface area contributed by atoms with E-state index in [1.807, 2.05) is 36.9 Å². The maximum absolute atomic E-state index is 6.55. The van der Waals surface area contributed by atoms with Crippen LogP contribution >= 0.6 is 0 Å². The van der Waals surface area contributed by atoms with E-state index in [0.29, 0.717) is 5.82 Å². The normalized spacial score (nSPS) is 25.9. The molecule has 0 bridgehead atoms. The van der Waals surface area contributed by atoms with Crippen molar-refractivity contribution in [2.24, 2.45) is 0 Å². The van der Waals surface area contributed by atoms with Gasteiger partial charge in [-0.05, 0) is 62.4 Å². The molecule has 0 unspecified atom stereocenters. The van der Waals surface area contributed by atoms with Crippen LogP contribution in [0.3, 0.4) is 0 Å². The Morgan fingerprint density at radius 1 is 1.03 bits per heavy atom. The molecule has 4 aromatic rings. The molecule has 2 aliphatic rings. The highest BCUT2D eigenvalue weighted by Crippen LogP contribution is 2.45. The van der Waals surface area contributed by atoms with Crippen molar-refractivity contribution in [1.82, 2.24) is 19.5 Å². The summed E-state index contributed by atoms with van der Waals surface area (Å²) >= 11 is 0. The third-order valence-corrected chi connectivity index (χ3v) is 6.87. The first-order valence-corrected chi connectivity index (χ1v) is 11.9. The topological polar surface area (TPSA) is 97.3 Å². The molecule has 0 saturated carbocycles. The predicted molar refractivity (Wildman–Crippen MR) is 129 cm³/mol.